The highest BCUT2D eigenvalue weighted by Gasteiger charge is 2.14. The van der Waals surface area contributed by atoms with Crippen molar-refractivity contribution in [3.63, 3.8) is 0 Å². The van der Waals surface area contributed by atoms with Gasteiger partial charge < -0.3 is 5.32 Å². The van der Waals surface area contributed by atoms with Crippen LogP contribution in [-0.4, -0.2) is 12.3 Å². The minimum Gasteiger partial charge on any atom is -0.307 e. The van der Waals surface area contributed by atoms with Crippen LogP contribution < -0.4 is 5.32 Å². The summed E-state index contributed by atoms with van der Waals surface area (Å²) in [7, 11) is 0. The summed E-state index contributed by atoms with van der Waals surface area (Å²) in [4.78, 5) is 1.33. The molecule has 0 saturated carbocycles. The van der Waals surface area contributed by atoms with Crippen LogP contribution in [0.2, 0.25) is 0 Å². The molecule has 0 radical (unpaired) electrons. The Kier molecular flexibility index (Phi) is 6.07. The smallest absolute Gasteiger partial charge is 0.0294 e. The fourth-order valence-corrected chi connectivity index (χ4v) is 2.50. The first-order valence-corrected chi connectivity index (χ1v) is 7.71. The molecular weight excluding hydrogens is 226 g/mol. The van der Waals surface area contributed by atoms with Gasteiger partial charge >= 0.3 is 0 Å². The number of thioether (sulfide) groups is 1. The molecule has 2 atom stereocenters. The predicted molar refractivity (Wildman–Crippen MR) is 78.7 cm³/mol. The first-order chi connectivity index (χ1) is 8.08. The molecule has 2 heteroatoms. The second-order valence-electron chi connectivity index (χ2n) is 4.92. The third-order valence-corrected chi connectivity index (χ3v) is 4.07. The summed E-state index contributed by atoms with van der Waals surface area (Å²) >= 11 is 1.79. The van der Waals surface area contributed by atoms with Crippen molar-refractivity contribution in [3.05, 3.63) is 29.8 Å². The zero-order valence-electron chi connectivity index (χ0n) is 11.7. The lowest BCUT2D eigenvalue weighted by Gasteiger charge is -2.25. The third-order valence-electron chi connectivity index (χ3n) is 3.32. The number of hydrogen-bond acceptors (Lipinski definition) is 2. The Morgan fingerprint density at radius 3 is 2.12 bits per heavy atom. The van der Waals surface area contributed by atoms with Crippen LogP contribution >= 0.6 is 11.8 Å². The molecule has 0 aliphatic carbocycles. The van der Waals surface area contributed by atoms with E-state index in [1.54, 1.807) is 11.8 Å². The van der Waals surface area contributed by atoms with Crippen molar-refractivity contribution in [2.45, 2.75) is 51.1 Å². The summed E-state index contributed by atoms with van der Waals surface area (Å²) in [5, 5.41) is 3.71. The molecule has 0 bridgehead atoms. The first kappa shape index (κ1) is 14.6. The highest BCUT2D eigenvalue weighted by atomic mass is 32.2. The van der Waals surface area contributed by atoms with E-state index in [1.165, 1.54) is 16.9 Å². The van der Waals surface area contributed by atoms with Crippen LogP contribution in [0.3, 0.4) is 0 Å². The first-order valence-electron chi connectivity index (χ1n) is 6.48. The largest absolute Gasteiger partial charge is 0.307 e. The van der Waals surface area contributed by atoms with Gasteiger partial charge in [-0.15, -0.1) is 11.8 Å². The average Bonchev–Trinajstić information content (AvgIpc) is 2.35. The minimum atomic E-state index is 0.429. The molecule has 0 aromatic heterocycles. The average molecular weight is 251 g/mol. The molecule has 2 unspecified atom stereocenters. The van der Waals surface area contributed by atoms with Crippen molar-refractivity contribution < 1.29 is 0 Å². The fourth-order valence-electron chi connectivity index (χ4n) is 2.09. The Labute approximate surface area is 110 Å². The summed E-state index contributed by atoms with van der Waals surface area (Å²) in [6.07, 6.45) is 3.30. The van der Waals surface area contributed by atoms with Crippen LogP contribution in [0.25, 0.3) is 0 Å². The minimum absolute atomic E-state index is 0.429. The Hall–Kier alpha value is -0.470. The summed E-state index contributed by atoms with van der Waals surface area (Å²) in [6, 6.07) is 9.90. The molecule has 1 N–H and O–H groups in total. The van der Waals surface area contributed by atoms with Gasteiger partial charge in [0.2, 0.25) is 0 Å². The van der Waals surface area contributed by atoms with Crippen molar-refractivity contribution in [1.82, 2.24) is 5.32 Å². The molecule has 1 nitrogen and oxygen atoms in total. The Morgan fingerprint density at radius 1 is 1.12 bits per heavy atom. The van der Waals surface area contributed by atoms with Gasteiger partial charge in [-0.3, -0.25) is 0 Å². The van der Waals surface area contributed by atoms with Gasteiger partial charge in [-0.2, -0.15) is 0 Å². The van der Waals surface area contributed by atoms with Gasteiger partial charge in [0.05, 0.1) is 0 Å². The second kappa shape index (κ2) is 7.07. The topological polar surface area (TPSA) is 12.0 Å². The van der Waals surface area contributed by atoms with E-state index in [2.05, 4.69) is 63.5 Å². The van der Waals surface area contributed by atoms with Crippen molar-refractivity contribution in [1.29, 1.82) is 0 Å². The van der Waals surface area contributed by atoms with E-state index < -0.39 is 0 Å². The molecule has 0 fully saturated rings. The lowest BCUT2D eigenvalue weighted by Crippen LogP contribution is -2.35. The summed E-state index contributed by atoms with van der Waals surface area (Å²) in [5.74, 6) is 0.688. The highest BCUT2D eigenvalue weighted by molar-refractivity contribution is 7.98. The molecule has 1 aromatic rings. The number of nitrogens with one attached hydrogen (secondary N) is 1. The van der Waals surface area contributed by atoms with Gasteiger partial charge in [-0.25, -0.2) is 0 Å². The van der Waals surface area contributed by atoms with Gasteiger partial charge in [0, 0.05) is 17.0 Å². The van der Waals surface area contributed by atoms with Crippen LogP contribution in [0, 0.1) is 5.92 Å². The number of rotatable bonds is 6. The van der Waals surface area contributed by atoms with E-state index in [-0.39, 0.29) is 0 Å². The maximum atomic E-state index is 3.71. The highest BCUT2D eigenvalue weighted by Crippen LogP contribution is 2.20. The standard InChI is InChI=1S/C15H25NS/c1-6-15(11(2)3)16-12(4)13-7-9-14(17-5)10-8-13/h7-12,15-16H,6H2,1-5H3. The van der Waals surface area contributed by atoms with Crippen molar-refractivity contribution in [3.8, 4) is 0 Å². The Bertz CT molecular complexity index is 318. The fraction of sp³-hybridized carbons (Fsp3) is 0.600. The molecule has 0 saturated heterocycles. The molecule has 96 valence electrons. The molecule has 0 heterocycles. The van der Waals surface area contributed by atoms with E-state index in [0.29, 0.717) is 18.0 Å². The lowest BCUT2D eigenvalue weighted by atomic mass is 9.99. The van der Waals surface area contributed by atoms with E-state index >= 15 is 0 Å². The SMILES string of the molecule is CCC(NC(C)c1ccc(SC)cc1)C(C)C. The maximum absolute atomic E-state index is 3.71. The van der Waals surface area contributed by atoms with Gasteiger partial charge in [-0.05, 0) is 43.2 Å². The molecule has 0 spiro atoms. The molecule has 17 heavy (non-hydrogen) atoms. The Morgan fingerprint density at radius 2 is 1.71 bits per heavy atom. The van der Waals surface area contributed by atoms with Gasteiger partial charge in [-0.1, -0.05) is 32.9 Å². The molecule has 0 aliphatic rings. The quantitative estimate of drug-likeness (QED) is 0.747. The lowest BCUT2D eigenvalue weighted by molar-refractivity contribution is 0.356. The normalized spacial score (nSPS) is 14.9. The third kappa shape index (κ3) is 4.36. The van der Waals surface area contributed by atoms with E-state index in [4.69, 9.17) is 0 Å². The second-order valence-corrected chi connectivity index (χ2v) is 5.80. The molecule has 1 rings (SSSR count). The van der Waals surface area contributed by atoms with Crippen LogP contribution in [0.1, 0.15) is 45.7 Å². The maximum Gasteiger partial charge on any atom is 0.0294 e. The monoisotopic (exact) mass is 251 g/mol. The van der Waals surface area contributed by atoms with Crippen LogP contribution in [0.5, 0.6) is 0 Å². The van der Waals surface area contributed by atoms with Crippen molar-refractivity contribution >= 4 is 11.8 Å². The number of hydrogen-bond donors (Lipinski definition) is 1. The number of benzene rings is 1. The van der Waals surface area contributed by atoms with Crippen LogP contribution in [-0.2, 0) is 0 Å². The van der Waals surface area contributed by atoms with Gasteiger partial charge in [0.1, 0.15) is 0 Å². The predicted octanol–water partition coefficient (Wildman–Crippen LogP) is 4.49. The van der Waals surface area contributed by atoms with E-state index in [1.807, 2.05) is 0 Å². The van der Waals surface area contributed by atoms with Crippen molar-refractivity contribution in [2.75, 3.05) is 6.26 Å². The summed E-state index contributed by atoms with van der Waals surface area (Å²) < 4.78 is 0. The molecule has 1 aromatic carbocycles. The zero-order valence-corrected chi connectivity index (χ0v) is 12.5. The zero-order chi connectivity index (χ0) is 12.8. The molecule has 0 aliphatic heterocycles. The molecular formula is C15H25NS. The van der Waals surface area contributed by atoms with Gasteiger partial charge in [0.25, 0.3) is 0 Å². The van der Waals surface area contributed by atoms with Crippen LogP contribution in [0.4, 0.5) is 0 Å². The summed E-state index contributed by atoms with van der Waals surface area (Å²) in [5.41, 5.74) is 1.38. The Balaban J connectivity index is 2.65. The van der Waals surface area contributed by atoms with Crippen LogP contribution in [0.15, 0.2) is 29.2 Å². The molecule has 0 amide bonds. The van der Waals surface area contributed by atoms with Crippen molar-refractivity contribution in [2.24, 2.45) is 5.92 Å². The van der Waals surface area contributed by atoms with E-state index in [0.717, 1.165) is 0 Å². The van der Waals surface area contributed by atoms with E-state index in [9.17, 15) is 0 Å². The summed E-state index contributed by atoms with van der Waals surface area (Å²) in [6.45, 7) is 9.07. The van der Waals surface area contributed by atoms with Gasteiger partial charge in [0.15, 0.2) is 0 Å².